The molecule has 1 unspecified atom stereocenters. The molecule has 4 heteroatoms. The van der Waals surface area contributed by atoms with Crippen molar-refractivity contribution in [3.63, 3.8) is 0 Å². The van der Waals surface area contributed by atoms with Gasteiger partial charge in [0.2, 0.25) is 5.91 Å². The van der Waals surface area contributed by atoms with Crippen molar-refractivity contribution in [3.05, 3.63) is 24.0 Å². The molecule has 0 bridgehead atoms. The summed E-state index contributed by atoms with van der Waals surface area (Å²) in [4.78, 5) is 11.3. The monoisotopic (exact) mass is 249 g/mol. The van der Waals surface area contributed by atoms with Crippen LogP contribution in [0.25, 0.3) is 0 Å². The highest BCUT2D eigenvalue weighted by Gasteiger charge is 2.32. The van der Waals surface area contributed by atoms with Gasteiger partial charge in [0.05, 0.1) is 0 Å². The van der Waals surface area contributed by atoms with Crippen LogP contribution in [-0.4, -0.2) is 24.1 Å². The van der Waals surface area contributed by atoms with Gasteiger partial charge in [-0.2, -0.15) is 0 Å². The number of nitrogens with zero attached hydrogens (tertiary/aromatic N) is 1. The van der Waals surface area contributed by atoms with Crippen LogP contribution in [0.2, 0.25) is 0 Å². The molecule has 0 aromatic carbocycles. The maximum Gasteiger partial charge on any atom is 0.239 e. The highest BCUT2D eigenvalue weighted by molar-refractivity contribution is 5.75. The highest BCUT2D eigenvalue weighted by Crippen LogP contribution is 2.41. The van der Waals surface area contributed by atoms with Crippen LogP contribution >= 0.6 is 0 Å². The van der Waals surface area contributed by atoms with Gasteiger partial charge in [-0.1, -0.05) is 6.92 Å². The van der Waals surface area contributed by atoms with Crippen LogP contribution < -0.4 is 10.6 Å². The number of hydrogen-bond donors (Lipinski definition) is 2. The molecule has 1 aromatic heterocycles. The number of carbonyl (C=O) groups excluding carboxylic acids is 1. The predicted octanol–water partition coefficient (Wildman–Crippen LogP) is 1.68. The van der Waals surface area contributed by atoms with Crippen LogP contribution in [0.5, 0.6) is 0 Å². The smallest absolute Gasteiger partial charge is 0.239 e. The Hall–Kier alpha value is -1.29. The highest BCUT2D eigenvalue weighted by atomic mass is 16.1. The van der Waals surface area contributed by atoms with Crippen molar-refractivity contribution < 1.29 is 4.79 Å². The van der Waals surface area contributed by atoms with E-state index in [4.69, 9.17) is 0 Å². The molecule has 1 atom stereocenters. The fraction of sp³-hybridized carbons (Fsp3) is 0.643. The van der Waals surface area contributed by atoms with Crippen LogP contribution in [0.1, 0.15) is 37.8 Å². The van der Waals surface area contributed by atoms with Crippen LogP contribution in [0.3, 0.4) is 0 Å². The standard InChI is InChI=1S/C14H23N3O/c1-3-7-16-14(11-4-5-11)12-6-8-17(9-12)10-13(18)15-2/h6,8-9,11,14,16H,3-5,7,10H2,1-2H3,(H,15,18). The van der Waals surface area contributed by atoms with Gasteiger partial charge >= 0.3 is 0 Å². The molecule has 2 N–H and O–H groups in total. The summed E-state index contributed by atoms with van der Waals surface area (Å²) in [6, 6.07) is 2.60. The van der Waals surface area contributed by atoms with E-state index in [1.54, 1.807) is 7.05 Å². The van der Waals surface area contributed by atoms with Crippen LogP contribution in [0.15, 0.2) is 18.5 Å². The Morgan fingerprint density at radius 3 is 2.94 bits per heavy atom. The molecule has 18 heavy (non-hydrogen) atoms. The molecule has 1 aliphatic carbocycles. The van der Waals surface area contributed by atoms with Crippen molar-refractivity contribution in [2.45, 2.75) is 38.8 Å². The van der Waals surface area contributed by atoms with E-state index in [9.17, 15) is 4.79 Å². The molecule has 0 aliphatic heterocycles. The number of aromatic nitrogens is 1. The van der Waals surface area contributed by atoms with E-state index < -0.39 is 0 Å². The summed E-state index contributed by atoms with van der Waals surface area (Å²) in [7, 11) is 1.67. The molecule has 1 heterocycles. The molecule has 2 rings (SSSR count). The van der Waals surface area contributed by atoms with E-state index in [1.807, 2.05) is 10.8 Å². The minimum atomic E-state index is 0.0432. The van der Waals surface area contributed by atoms with E-state index >= 15 is 0 Å². The lowest BCUT2D eigenvalue weighted by Gasteiger charge is -2.16. The third-order valence-electron chi connectivity index (χ3n) is 3.45. The van der Waals surface area contributed by atoms with Crippen molar-refractivity contribution in [1.82, 2.24) is 15.2 Å². The fourth-order valence-electron chi connectivity index (χ4n) is 2.27. The van der Waals surface area contributed by atoms with E-state index in [-0.39, 0.29) is 5.91 Å². The number of nitrogens with one attached hydrogen (secondary N) is 2. The van der Waals surface area contributed by atoms with Crippen molar-refractivity contribution in [2.24, 2.45) is 5.92 Å². The van der Waals surface area contributed by atoms with Crippen molar-refractivity contribution >= 4 is 5.91 Å². The van der Waals surface area contributed by atoms with Gasteiger partial charge < -0.3 is 15.2 Å². The molecular weight excluding hydrogens is 226 g/mol. The molecule has 4 nitrogen and oxygen atoms in total. The first-order chi connectivity index (χ1) is 8.74. The van der Waals surface area contributed by atoms with Crippen molar-refractivity contribution in [3.8, 4) is 0 Å². The zero-order valence-corrected chi connectivity index (χ0v) is 11.3. The van der Waals surface area contributed by atoms with Gasteiger partial charge in [-0.15, -0.1) is 0 Å². The number of rotatable bonds is 7. The fourth-order valence-corrected chi connectivity index (χ4v) is 2.27. The van der Waals surface area contributed by atoms with Gasteiger partial charge in [0.1, 0.15) is 6.54 Å². The minimum Gasteiger partial charge on any atom is -0.358 e. The Morgan fingerprint density at radius 1 is 1.56 bits per heavy atom. The lowest BCUT2D eigenvalue weighted by Crippen LogP contribution is -2.24. The molecule has 1 aromatic rings. The molecule has 1 amide bonds. The van der Waals surface area contributed by atoms with Gasteiger partial charge in [-0.05, 0) is 43.4 Å². The first-order valence-electron chi connectivity index (χ1n) is 6.84. The average Bonchev–Trinajstić information content (AvgIpc) is 3.11. The second-order valence-corrected chi connectivity index (χ2v) is 5.06. The van der Waals surface area contributed by atoms with Crippen molar-refractivity contribution in [2.75, 3.05) is 13.6 Å². The Bertz CT molecular complexity index is 395. The second-order valence-electron chi connectivity index (χ2n) is 5.06. The van der Waals surface area contributed by atoms with Crippen molar-refractivity contribution in [1.29, 1.82) is 0 Å². The maximum atomic E-state index is 11.3. The lowest BCUT2D eigenvalue weighted by molar-refractivity contribution is -0.121. The Balaban J connectivity index is 1.99. The number of hydrogen-bond acceptors (Lipinski definition) is 2. The van der Waals surface area contributed by atoms with Crippen LogP contribution in [0, 0.1) is 5.92 Å². The Morgan fingerprint density at radius 2 is 2.33 bits per heavy atom. The minimum absolute atomic E-state index is 0.0432. The largest absolute Gasteiger partial charge is 0.358 e. The lowest BCUT2D eigenvalue weighted by atomic mass is 10.1. The van der Waals surface area contributed by atoms with E-state index in [1.165, 1.54) is 18.4 Å². The maximum absolute atomic E-state index is 11.3. The predicted molar refractivity (Wildman–Crippen MR) is 72.3 cm³/mol. The Kier molecular flexibility index (Phi) is 4.42. The topological polar surface area (TPSA) is 46.1 Å². The molecule has 100 valence electrons. The number of amides is 1. The Labute approximate surface area is 109 Å². The van der Waals surface area contributed by atoms with Gasteiger partial charge in [0.15, 0.2) is 0 Å². The summed E-state index contributed by atoms with van der Waals surface area (Å²) < 4.78 is 1.96. The summed E-state index contributed by atoms with van der Waals surface area (Å²) in [5, 5.41) is 6.26. The zero-order chi connectivity index (χ0) is 13.0. The third kappa shape index (κ3) is 3.35. The molecule has 1 fully saturated rings. The molecular formula is C14H23N3O. The van der Waals surface area contributed by atoms with E-state index in [0.29, 0.717) is 12.6 Å². The first kappa shape index (κ1) is 13.1. The van der Waals surface area contributed by atoms with Gasteiger partial charge in [-0.3, -0.25) is 4.79 Å². The number of likely N-dealkylation sites (N-methyl/N-ethyl adjacent to an activating group) is 1. The van der Waals surface area contributed by atoms with Gasteiger partial charge in [0, 0.05) is 25.5 Å². The quantitative estimate of drug-likeness (QED) is 0.772. The number of carbonyl (C=O) groups is 1. The third-order valence-corrected chi connectivity index (χ3v) is 3.45. The average molecular weight is 249 g/mol. The second kappa shape index (κ2) is 6.05. The van der Waals surface area contributed by atoms with Gasteiger partial charge in [0.25, 0.3) is 0 Å². The van der Waals surface area contributed by atoms with Gasteiger partial charge in [-0.25, -0.2) is 0 Å². The molecule has 0 saturated heterocycles. The summed E-state index contributed by atoms with van der Waals surface area (Å²) in [5.41, 5.74) is 1.31. The molecule has 1 aliphatic rings. The van der Waals surface area contributed by atoms with Crippen LogP contribution in [-0.2, 0) is 11.3 Å². The van der Waals surface area contributed by atoms with E-state index in [0.717, 1.165) is 18.9 Å². The summed E-state index contributed by atoms with van der Waals surface area (Å²) in [6.07, 6.45) is 7.89. The SMILES string of the molecule is CCCNC(c1ccn(CC(=O)NC)c1)C1CC1. The van der Waals surface area contributed by atoms with E-state index in [2.05, 4.69) is 29.8 Å². The normalized spacial score (nSPS) is 16.6. The molecule has 0 spiro atoms. The summed E-state index contributed by atoms with van der Waals surface area (Å²) >= 11 is 0. The van der Waals surface area contributed by atoms with Crippen LogP contribution in [0.4, 0.5) is 0 Å². The summed E-state index contributed by atoms with van der Waals surface area (Å²) in [6.45, 7) is 3.65. The molecule has 0 radical (unpaired) electrons. The summed E-state index contributed by atoms with van der Waals surface area (Å²) in [5.74, 6) is 0.828. The zero-order valence-electron chi connectivity index (χ0n) is 11.3. The molecule has 1 saturated carbocycles. The first-order valence-corrected chi connectivity index (χ1v) is 6.84.